The van der Waals surface area contributed by atoms with Gasteiger partial charge in [0.2, 0.25) is 0 Å². The van der Waals surface area contributed by atoms with Crippen molar-refractivity contribution in [1.29, 1.82) is 5.26 Å². The van der Waals surface area contributed by atoms with Gasteiger partial charge in [-0.3, -0.25) is 0 Å². The lowest BCUT2D eigenvalue weighted by molar-refractivity contribution is 0.339. The molecule has 0 atom stereocenters. The second-order valence-electron chi connectivity index (χ2n) is 6.02. The molecule has 1 radical (unpaired) electrons. The first kappa shape index (κ1) is 15.6. The van der Waals surface area contributed by atoms with E-state index in [1.165, 1.54) is 31.2 Å². The molecule has 2 aromatic rings. The van der Waals surface area contributed by atoms with Gasteiger partial charge in [-0.15, -0.1) is 0 Å². The van der Waals surface area contributed by atoms with E-state index in [0.29, 0.717) is 23.8 Å². The first-order valence-electron chi connectivity index (χ1n) is 8.40. The van der Waals surface area contributed by atoms with Crippen molar-refractivity contribution in [2.45, 2.75) is 38.5 Å². The number of benzene rings is 2. The molecule has 1 aliphatic rings. The number of hydrogen-bond acceptors (Lipinski definition) is 2. The molecule has 0 aliphatic heterocycles. The highest BCUT2D eigenvalue weighted by Crippen LogP contribution is 2.33. The number of nitriles is 1. The normalized spacial score (nSPS) is 15.1. The van der Waals surface area contributed by atoms with Gasteiger partial charge < -0.3 is 4.74 Å². The summed E-state index contributed by atoms with van der Waals surface area (Å²) < 4.78 is 5.49. The monoisotopic (exact) mass is 304 g/mol. The van der Waals surface area contributed by atoms with Crippen LogP contribution in [0.4, 0.5) is 0 Å². The maximum absolute atomic E-state index is 9.30. The fourth-order valence-corrected chi connectivity index (χ4v) is 3.29. The molecule has 2 aromatic carbocycles. The fourth-order valence-electron chi connectivity index (χ4n) is 3.29. The van der Waals surface area contributed by atoms with Crippen molar-refractivity contribution >= 4 is 0 Å². The lowest BCUT2D eigenvalue weighted by Gasteiger charge is -2.22. The molecule has 0 saturated heterocycles. The van der Waals surface area contributed by atoms with Gasteiger partial charge in [0.1, 0.15) is 11.8 Å². The predicted molar refractivity (Wildman–Crippen MR) is 93.3 cm³/mol. The van der Waals surface area contributed by atoms with Crippen LogP contribution in [0.5, 0.6) is 5.75 Å². The molecule has 117 valence electrons. The Morgan fingerprint density at radius 1 is 1.04 bits per heavy atom. The van der Waals surface area contributed by atoms with Gasteiger partial charge in [0.15, 0.2) is 0 Å². The largest absolute Gasteiger partial charge is 0.492 e. The van der Waals surface area contributed by atoms with Crippen molar-refractivity contribution < 1.29 is 4.74 Å². The third-order valence-electron chi connectivity index (χ3n) is 4.55. The van der Waals surface area contributed by atoms with Crippen LogP contribution in [0.15, 0.2) is 42.5 Å². The summed E-state index contributed by atoms with van der Waals surface area (Å²) in [4.78, 5) is 0. The number of rotatable bonds is 4. The van der Waals surface area contributed by atoms with Gasteiger partial charge in [-0.05, 0) is 73.8 Å². The molecule has 0 unspecified atom stereocenters. The molecule has 0 bridgehead atoms. The smallest absolute Gasteiger partial charge is 0.137 e. The molecule has 23 heavy (non-hydrogen) atoms. The van der Waals surface area contributed by atoms with Crippen LogP contribution in [0.3, 0.4) is 0 Å². The van der Waals surface area contributed by atoms with Crippen molar-refractivity contribution in [1.82, 2.24) is 0 Å². The Labute approximate surface area is 138 Å². The van der Waals surface area contributed by atoms with Crippen LogP contribution in [0, 0.1) is 17.8 Å². The Kier molecular flexibility index (Phi) is 4.98. The maximum atomic E-state index is 9.30. The van der Waals surface area contributed by atoms with E-state index in [1.54, 1.807) is 0 Å². The third kappa shape index (κ3) is 3.56. The molecule has 3 rings (SSSR count). The zero-order chi connectivity index (χ0) is 16.1. The Balaban J connectivity index is 1.83. The molecule has 1 fully saturated rings. The van der Waals surface area contributed by atoms with Crippen LogP contribution in [0.2, 0.25) is 0 Å². The SMILES string of the molecule is CCOc1ccc(-c2ccc(C3CC[CH]CC3)cc2)cc1C#N. The van der Waals surface area contributed by atoms with Gasteiger partial charge in [-0.1, -0.05) is 30.3 Å². The first-order valence-corrected chi connectivity index (χ1v) is 8.40. The van der Waals surface area contributed by atoms with E-state index < -0.39 is 0 Å². The quantitative estimate of drug-likeness (QED) is 0.748. The van der Waals surface area contributed by atoms with E-state index in [4.69, 9.17) is 4.74 Å². The van der Waals surface area contributed by atoms with E-state index in [1.807, 2.05) is 25.1 Å². The van der Waals surface area contributed by atoms with Gasteiger partial charge in [-0.25, -0.2) is 0 Å². The van der Waals surface area contributed by atoms with Crippen molar-refractivity contribution in [3.8, 4) is 22.9 Å². The summed E-state index contributed by atoms with van der Waals surface area (Å²) in [6, 6.07) is 16.9. The van der Waals surface area contributed by atoms with E-state index >= 15 is 0 Å². The zero-order valence-electron chi connectivity index (χ0n) is 13.6. The van der Waals surface area contributed by atoms with E-state index in [9.17, 15) is 5.26 Å². The van der Waals surface area contributed by atoms with E-state index in [-0.39, 0.29) is 0 Å². The van der Waals surface area contributed by atoms with E-state index in [0.717, 1.165) is 11.1 Å². The maximum Gasteiger partial charge on any atom is 0.137 e. The van der Waals surface area contributed by atoms with Gasteiger partial charge in [0, 0.05) is 0 Å². The number of ether oxygens (including phenoxy) is 1. The highest BCUT2D eigenvalue weighted by atomic mass is 16.5. The number of hydrogen-bond donors (Lipinski definition) is 0. The summed E-state index contributed by atoms with van der Waals surface area (Å²) >= 11 is 0. The summed E-state index contributed by atoms with van der Waals surface area (Å²) in [6.45, 7) is 2.50. The Bertz CT molecular complexity index is 691. The summed E-state index contributed by atoms with van der Waals surface area (Å²) in [6.07, 6.45) is 7.39. The molecule has 1 saturated carbocycles. The third-order valence-corrected chi connectivity index (χ3v) is 4.55. The van der Waals surface area contributed by atoms with Crippen LogP contribution in [-0.2, 0) is 0 Å². The highest BCUT2D eigenvalue weighted by molar-refractivity contribution is 5.67. The van der Waals surface area contributed by atoms with Gasteiger partial charge >= 0.3 is 0 Å². The standard InChI is InChI=1S/C21H22NO/c1-2-23-21-13-12-19(14-20(21)15-22)18-10-8-17(9-11-18)16-6-4-3-5-7-16/h3,8-14,16H,2,4-7H2,1H3. The Morgan fingerprint density at radius 2 is 1.74 bits per heavy atom. The second kappa shape index (κ2) is 7.33. The van der Waals surface area contributed by atoms with Crippen LogP contribution >= 0.6 is 0 Å². The molecule has 0 spiro atoms. The van der Waals surface area contributed by atoms with Gasteiger partial charge in [-0.2, -0.15) is 5.26 Å². The average Bonchev–Trinajstić information content (AvgIpc) is 2.63. The second-order valence-corrected chi connectivity index (χ2v) is 6.02. The average molecular weight is 304 g/mol. The molecule has 0 aromatic heterocycles. The van der Waals surface area contributed by atoms with Gasteiger partial charge in [0.05, 0.1) is 12.2 Å². The lowest BCUT2D eigenvalue weighted by atomic mass is 9.83. The molecule has 1 aliphatic carbocycles. The van der Waals surface area contributed by atoms with Crippen molar-refractivity contribution in [3.05, 3.63) is 60.0 Å². The van der Waals surface area contributed by atoms with Crippen molar-refractivity contribution in [2.75, 3.05) is 6.61 Å². The van der Waals surface area contributed by atoms with Crippen molar-refractivity contribution in [3.63, 3.8) is 0 Å². The van der Waals surface area contributed by atoms with Crippen molar-refractivity contribution in [2.24, 2.45) is 0 Å². The minimum Gasteiger partial charge on any atom is -0.492 e. The lowest BCUT2D eigenvalue weighted by Crippen LogP contribution is -2.04. The minimum absolute atomic E-state index is 0.571. The fraction of sp³-hybridized carbons (Fsp3) is 0.333. The first-order chi connectivity index (χ1) is 11.3. The molecule has 2 nitrogen and oxygen atoms in total. The van der Waals surface area contributed by atoms with Gasteiger partial charge in [0.25, 0.3) is 0 Å². The summed E-state index contributed by atoms with van der Waals surface area (Å²) in [7, 11) is 0. The molecule has 0 N–H and O–H groups in total. The Hall–Kier alpha value is -2.27. The molecule has 0 amide bonds. The van der Waals surface area contributed by atoms with Crippen LogP contribution in [-0.4, -0.2) is 6.61 Å². The van der Waals surface area contributed by atoms with E-state index in [2.05, 4.69) is 36.8 Å². The minimum atomic E-state index is 0.571. The Morgan fingerprint density at radius 3 is 2.39 bits per heavy atom. The molecule has 0 heterocycles. The predicted octanol–water partition coefficient (Wildman–Crippen LogP) is 5.49. The summed E-state index contributed by atoms with van der Waals surface area (Å²) in [5.74, 6) is 1.36. The topological polar surface area (TPSA) is 33.0 Å². The highest BCUT2D eigenvalue weighted by Gasteiger charge is 2.15. The molecular weight excluding hydrogens is 282 g/mol. The van der Waals surface area contributed by atoms with Crippen LogP contribution in [0.1, 0.15) is 49.7 Å². The number of nitrogens with zero attached hydrogens (tertiary/aromatic N) is 1. The zero-order valence-corrected chi connectivity index (χ0v) is 13.6. The van der Waals surface area contributed by atoms with Crippen LogP contribution < -0.4 is 4.74 Å². The molecule has 2 heteroatoms. The van der Waals surface area contributed by atoms with Crippen LogP contribution in [0.25, 0.3) is 11.1 Å². The summed E-state index contributed by atoms with van der Waals surface area (Å²) in [5.41, 5.74) is 4.24. The summed E-state index contributed by atoms with van der Waals surface area (Å²) in [5, 5.41) is 9.30. The molecular formula is C21H22NO.